The predicted octanol–water partition coefficient (Wildman–Crippen LogP) is 3.55. The molecule has 1 saturated carbocycles. The lowest BCUT2D eigenvalue weighted by molar-refractivity contribution is -0.147. The zero-order valence-electron chi connectivity index (χ0n) is 14.6. The van der Waals surface area contributed by atoms with Gasteiger partial charge >= 0.3 is 5.97 Å². The molecule has 0 amide bonds. The van der Waals surface area contributed by atoms with E-state index in [1.165, 1.54) is 5.57 Å². The fourth-order valence-electron chi connectivity index (χ4n) is 3.09. The minimum Gasteiger partial charge on any atom is -0.457 e. The van der Waals surface area contributed by atoms with Gasteiger partial charge in [0.05, 0.1) is 11.6 Å². The number of allylic oxidation sites excluding steroid dienone is 2. The van der Waals surface area contributed by atoms with Crippen LogP contribution in [0.15, 0.2) is 48.3 Å². The molecule has 0 N–H and O–H groups in total. The summed E-state index contributed by atoms with van der Waals surface area (Å²) in [5, 5.41) is 4.35. The molecule has 0 spiro atoms. The van der Waals surface area contributed by atoms with Crippen LogP contribution in [0.5, 0.6) is 0 Å². The highest BCUT2D eigenvalue weighted by atomic mass is 16.5. The Morgan fingerprint density at radius 1 is 1.29 bits per heavy atom. The second-order valence-electron chi connectivity index (χ2n) is 7.12. The van der Waals surface area contributed by atoms with Crippen molar-refractivity contribution in [3.8, 4) is 5.69 Å². The molecule has 1 heterocycles. The first-order chi connectivity index (χ1) is 11.4. The lowest BCUT2D eigenvalue weighted by Gasteiger charge is -2.03. The summed E-state index contributed by atoms with van der Waals surface area (Å²) in [7, 11) is 0. The smallest absolute Gasteiger partial charge is 0.310 e. The summed E-state index contributed by atoms with van der Waals surface area (Å²) in [5.74, 6) is 0.511. The number of hydrogen-bond donors (Lipinski definition) is 0. The number of hydrogen-bond acceptors (Lipinski definition) is 4. The van der Waals surface area contributed by atoms with Crippen LogP contribution in [0.25, 0.3) is 5.69 Å². The Bertz CT molecular complexity index is 758. The lowest BCUT2D eigenvalue weighted by atomic mass is 10.1. The molecule has 126 valence electrons. The molecule has 2 unspecified atom stereocenters. The van der Waals surface area contributed by atoms with E-state index in [1.807, 2.05) is 30.3 Å². The number of rotatable bonds is 5. The van der Waals surface area contributed by atoms with Gasteiger partial charge in [-0.05, 0) is 37.3 Å². The third-order valence-electron chi connectivity index (χ3n) is 4.58. The summed E-state index contributed by atoms with van der Waals surface area (Å²) in [5.41, 5.74) is 2.12. The van der Waals surface area contributed by atoms with Crippen LogP contribution in [0, 0.1) is 17.3 Å². The highest BCUT2D eigenvalue weighted by molar-refractivity contribution is 5.78. The molecular weight excluding hydrogens is 302 g/mol. The third-order valence-corrected chi connectivity index (χ3v) is 4.58. The molecule has 1 aliphatic carbocycles. The molecule has 1 fully saturated rings. The SMILES string of the molecule is CC(C)=CC1C(C(=O)OCc2ncn(-c3ccccc3)n2)C1(C)C. The fourth-order valence-corrected chi connectivity index (χ4v) is 3.09. The molecule has 2 aromatic rings. The summed E-state index contributed by atoms with van der Waals surface area (Å²) in [6.07, 6.45) is 3.79. The first-order valence-corrected chi connectivity index (χ1v) is 8.17. The van der Waals surface area contributed by atoms with Gasteiger partial charge < -0.3 is 4.74 Å². The van der Waals surface area contributed by atoms with E-state index >= 15 is 0 Å². The minimum absolute atomic E-state index is 0.0365. The maximum Gasteiger partial charge on any atom is 0.310 e. The summed E-state index contributed by atoms with van der Waals surface area (Å²) in [6.45, 7) is 8.41. The van der Waals surface area contributed by atoms with Gasteiger partial charge in [0.15, 0.2) is 12.4 Å². The molecule has 3 rings (SSSR count). The zero-order valence-corrected chi connectivity index (χ0v) is 14.6. The number of benzene rings is 1. The molecular formula is C19H23N3O2. The van der Waals surface area contributed by atoms with Crippen molar-refractivity contribution >= 4 is 5.97 Å². The third kappa shape index (κ3) is 3.25. The first-order valence-electron chi connectivity index (χ1n) is 8.17. The molecule has 0 radical (unpaired) electrons. The van der Waals surface area contributed by atoms with E-state index in [0.717, 1.165) is 5.69 Å². The van der Waals surface area contributed by atoms with E-state index in [4.69, 9.17) is 4.74 Å². The number of esters is 1. The second kappa shape index (κ2) is 6.23. The second-order valence-corrected chi connectivity index (χ2v) is 7.12. The van der Waals surface area contributed by atoms with Gasteiger partial charge in [-0.25, -0.2) is 9.67 Å². The lowest BCUT2D eigenvalue weighted by Crippen LogP contribution is -2.11. The van der Waals surface area contributed by atoms with Gasteiger partial charge in [-0.15, -0.1) is 5.10 Å². The summed E-state index contributed by atoms with van der Waals surface area (Å²) in [4.78, 5) is 16.6. The molecule has 1 aromatic heterocycles. The van der Waals surface area contributed by atoms with Crippen molar-refractivity contribution in [2.45, 2.75) is 34.3 Å². The first kappa shape index (κ1) is 16.4. The normalized spacial score (nSPS) is 21.2. The molecule has 5 nitrogen and oxygen atoms in total. The van der Waals surface area contributed by atoms with Crippen LogP contribution >= 0.6 is 0 Å². The number of para-hydroxylation sites is 1. The van der Waals surface area contributed by atoms with E-state index in [1.54, 1.807) is 11.0 Å². The average Bonchev–Trinajstić information content (AvgIpc) is 2.90. The van der Waals surface area contributed by atoms with Crippen molar-refractivity contribution in [2.75, 3.05) is 0 Å². The number of carbonyl (C=O) groups is 1. The van der Waals surface area contributed by atoms with Crippen LogP contribution in [0.4, 0.5) is 0 Å². The molecule has 2 atom stereocenters. The maximum absolute atomic E-state index is 12.3. The maximum atomic E-state index is 12.3. The standard InChI is InChI=1S/C19H23N3O2/c1-13(2)10-15-17(19(15,3)4)18(23)24-11-16-20-12-22(21-16)14-8-6-5-7-9-14/h5-10,12,15,17H,11H2,1-4H3. The quantitative estimate of drug-likeness (QED) is 0.623. The topological polar surface area (TPSA) is 57.0 Å². The largest absolute Gasteiger partial charge is 0.457 e. The Morgan fingerprint density at radius 3 is 2.67 bits per heavy atom. The Morgan fingerprint density at radius 2 is 2.00 bits per heavy atom. The van der Waals surface area contributed by atoms with Crippen LogP contribution in [0.3, 0.4) is 0 Å². The fraction of sp³-hybridized carbons (Fsp3) is 0.421. The highest BCUT2D eigenvalue weighted by Gasteiger charge is 2.61. The van der Waals surface area contributed by atoms with Crippen LogP contribution in [-0.2, 0) is 16.1 Å². The van der Waals surface area contributed by atoms with Gasteiger partial charge in [0.25, 0.3) is 0 Å². The minimum atomic E-state index is -0.168. The van der Waals surface area contributed by atoms with E-state index in [-0.39, 0.29) is 29.8 Å². The van der Waals surface area contributed by atoms with E-state index in [2.05, 4.69) is 43.9 Å². The summed E-state index contributed by atoms with van der Waals surface area (Å²) in [6, 6.07) is 9.72. The zero-order chi connectivity index (χ0) is 17.3. The van der Waals surface area contributed by atoms with Crippen LogP contribution in [-0.4, -0.2) is 20.7 Å². The molecule has 5 heteroatoms. The van der Waals surface area contributed by atoms with Crippen LogP contribution in [0.2, 0.25) is 0 Å². The Labute approximate surface area is 142 Å². The predicted molar refractivity (Wildman–Crippen MR) is 91.3 cm³/mol. The van der Waals surface area contributed by atoms with Gasteiger partial charge in [0.1, 0.15) is 6.33 Å². The number of nitrogens with zero attached hydrogens (tertiary/aromatic N) is 3. The highest BCUT2D eigenvalue weighted by Crippen LogP contribution is 2.59. The summed E-state index contributed by atoms with van der Waals surface area (Å²) >= 11 is 0. The van der Waals surface area contributed by atoms with Gasteiger partial charge in [0, 0.05) is 0 Å². The molecule has 1 aromatic carbocycles. The van der Waals surface area contributed by atoms with Crippen molar-refractivity contribution in [1.82, 2.24) is 14.8 Å². The number of ether oxygens (including phenoxy) is 1. The number of aromatic nitrogens is 3. The molecule has 0 aliphatic heterocycles. The van der Waals surface area contributed by atoms with Crippen LogP contribution in [0.1, 0.15) is 33.5 Å². The number of carbonyl (C=O) groups excluding carboxylic acids is 1. The average molecular weight is 325 g/mol. The molecule has 0 saturated heterocycles. The van der Waals surface area contributed by atoms with Gasteiger partial charge in [-0.3, -0.25) is 4.79 Å². The van der Waals surface area contributed by atoms with Crippen LogP contribution < -0.4 is 0 Å². The monoisotopic (exact) mass is 325 g/mol. The van der Waals surface area contributed by atoms with Crippen molar-refractivity contribution in [2.24, 2.45) is 17.3 Å². The van der Waals surface area contributed by atoms with E-state index in [9.17, 15) is 4.79 Å². The summed E-state index contributed by atoms with van der Waals surface area (Å²) < 4.78 is 7.12. The molecule has 24 heavy (non-hydrogen) atoms. The Hall–Kier alpha value is -2.43. The van der Waals surface area contributed by atoms with Crippen molar-refractivity contribution in [3.05, 3.63) is 54.1 Å². The van der Waals surface area contributed by atoms with E-state index < -0.39 is 0 Å². The van der Waals surface area contributed by atoms with Gasteiger partial charge in [0.2, 0.25) is 0 Å². The Balaban J connectivity index is 1.60. The van der Waals surface area contributed by atoms with Crippen molar-refractivity contribution < 1.29 is 9.53 Å². The van der Waals surface area contributed by atoms with Crippen molar-refractivity contribution in [1.29, 1.82) is 0 Å². The molecule has 1 aliphatic rings. The Kier molecular flexibility index (Phi) is 4.26. The van der Waals surface area contributed by atoms with Gasteiger partial charge in [-0.1, -0.05) is 43.7 Å². The van der Waals surface area contributed by atoms with Gasteiger partial charge in [-0.2, -0.15) is 0 Å². The van der Waals surface area contributed by atoms with Crippen molar-refractivity contribution in [3.63, 3.8) is 0 Å². The molecule has 0 bridgehead atoms. The van der Waals surface area contributed by atoms with E-state index in [0.29, 0.717) is 5.82 Å².